The number of halogens is 1. The topological polar surface area (TPSA) is 109 Å². The molecule has 1 aromatic carbocycles. The summed E-state index contributed by atoms with van der Waals surface area (Å²) >= 11 is 0. The molecule has 2 fully saturated rings. The van der Waals surface area contributed by atoms with E-state index >= 15 is 0 Å². The molecule has 0 saturated carbocycles. The van der Waals surface area contributed by atoms with E-state index in [2.05, 4.69) is 15.6 Å². The molecule has 1 atom stereocenters. The fraction of sp³-hybridized carbons (Fsp3) is 0.581. The number of aliphatic hydroxyl groups is 1. The number of nitrogens with two attached hydrogens (primary N) is 1. The van der Waals surface area contributed by atoms with E-state index in [4.69, 9.17) is 9.53 Å². The molecule has 1 aromatic heterocycles. The van der Waals surface area contributed by atoms with E-state index < -0.39 is 11.8 Å². The van der Waals surface area contributed by atoms with Crippen molar-refractivity contribution in [2.24, 2.45) is 11.7 Å². The van der Waals surface area contributed by atoms with Gasteiger partial charge in [-0.3, -0.25) is 9.59 Å². The molecule has 40 heavy (non-hydrogen) atoms. The monoisotopic (exact) mass is 558 g/mol. The Morgan fingerprint density at radius 1 is 1.07 bits per heavy atom. The van der Waals surface area contributed by atoms with Crippen LogP contribution in [0.15, 0.2) is 42.6 Å². The van der Waals surface area contributed by atoms with Crippen molar-refractivity contribution in [3.63, 3.8) is 0 Å². The molecule has 0 bridgehead atoms. The molecule has 2 saturated heterocycles. The molecule has 4 rings (SSSR count). The number of nitrogens with zero attached hydrogens (tertiary/aromatic N) is 3. The first-order valence-electron chi connectivity index (χ1n) is 14.5. The van der Waals surface area contributed by atoms with Gasteiger partial charge < -0.3 is 25.4 Å². The molecule has 2 aromatic rings. The summed E-state index contributed by atoms with van der Waals surface area (Å²) in [6.07, 6.45) is 5.44. The first-order valence-corrected chi connectivity index (χ1v) is 14.5. The first-order chi connectivity index (χ1) is 19.3. The number of pyridine rings is 1. The Hall–Kier alpha value is -3.04. The maximum atomic E-state index is 14.7. The van der Waals surface area contributed by atoms with Crippen molar-refractivity contribution in [1.82, 2.24) is 14.8 Å². The minimum Gasteiger partial charge on any atom is -0.477 e. The van der Waals surface area contributed by atoms with Gasteiger partial charge in [-0.25, -0.2) is 9.37 Å². The SMILES string of the molecule is CC.CCC(F)(CC)CN1CCC(COc2ccc(-c3ccc(C(=O)N4CCC(O)C4)cc3)cn2)CC1.NC=O. The van der Waals surface area contributed by atoms with E-state index in [0.29, 0.717) is 62.9 Å². The Balaban J connectivity index is 0.00000105. The molecule has 3 heterocycles. The predicted molar refractivity (Wildman–Crippen MR) is 157 cm³/mol. The minimum atomic E-state index is -1.07. The number of rotatable bonds is 9. The Morgan fingerprint density at radius 2 is 1.68 bits per heavy atom. The highest BCUT2D eigenvalue weighted by Gasteiger charge is 2.30. The summed E-state index contributed by atoms with van der Waals surface area (Å²) in [6, 6.07) is 11.4. The summed E-state index contributed by atoms with van der Waals surface area (Å²) in [6.45, 7) is 11.9. The van der Waals surface area contributed by atoms with E-state index in [-0.39, 0.29) is 12.3 Å². The van der Waals surface area contributed by atoms with Crippen molar-refractivity contribution in [3.8, 4) is 17.0 Å². The van der Waals surface area contributed by atoms with Crippen molar-refractivity contribution in [2.75, 3.05) is 39.3 Å². The van der Waals surface area contributed by atoms with E-state index in [9.17, 15) is 14.3 Å². The number of aromatic nitrogens is 1. The van der Waals surface area contributed by atoms with Gasteiger partial charge in [0.1, 0.15) is 5.67 Å². The number of carbonyl (C=O) groups is 2. The van der Waals surface area contributed by atoms with Crippen molar-refractivity contribution < 1.29 is 23.8 Å². The minimum absolute atomic E-state index is 0.0412. The van der Waals surface area contributed by atoms with Crippen LogP contribution in [0.1, 0.15) is 70.2 Å². The van der Waals surface area contributed by atoms with Crippen LogP contribution in [0, 0.1) is 5.92 Å². The lowest BCUT2D eigenvalue weighted by molar-refractivity contribution is -0.106. The lowest BCUT2D eigenvalue weighted by Crippen LogP contribution is -2.44. The number of carbonyl (C=O) groups excluding carboxylic acids is 2. The van der Waals surface area contributed by atoms with Crippen LogP contribution in [0.5, 0.6) is 5.88 Å². The van der Waals surface area contributed by atoms with Gasteiger partial charge in [-0.15, -0.1) is 0 Å². The van der Waals surface area contributed by atoms with E-state index in [0.717, 1.165) is 37.1 Å². The average molecular weight is 559 g/mol. The highest BCUT2D eigenvalue weighted by Crippen LogP contribution is 2.26. The highest BCUT2D eigenvalue weighted by atomic mass is 19.1. The lowest BCUT2D eigenvalue weighted by atomic mass is 9.94. The third-order valence-electron chi connectivity index (χ3n) is 7.60. The largest absolute Gasteiger partial charge is 0.477 e. The van der Waals surface area contributed by atoms with Gasteiger partial charge in [0.15, 0.2) is 0 Å². The summed E-state index contributed by atoms with van der Waals surface area (Å²) < 4.78 is 20.6. The number of ether oxygens (including phenoxy) is 1. The number of likely N-dealkylation sites (tertiary alicyclic amines) is 2. The van der Waals surface area contributed by atoms with E-state index in [1.807, 2.05) is 64.1 Å². The van der Waals surface area contributed by atoms with Gasteiger partial charge in [-0.1, -0.05) is 39.8 Å². The van der Waals surface area contributed by atoms with Crippen LogP contribution in [-0.2, 0) is 4.79 Å². The number of aliphatic hydroxyl groups excluding tert-OH is 1. The van der Waals surface area contributed by atoms with Gasteiger partial charge in [0.25, 0.3) is 5.91 Å². The van der Waals surface area contributed by atoms with Crippen LogP contribution in [0.3, 0.4) is 0 Å². The zero-order valence-corrected chi connectivity index (χ0v) is 24.5. The Kier molecular flexibility index (Phi) is 14.0. The normalized spacial score (nSPS) is 17.8. The second-order valence-corrected chi connectivity index (χ2v) is 10.2. The molecule has 0 aliphatic carbocycles. The number of hydrogen-bond acceptors (Lipinski definition) is 6. The summed E-state index contributed by atoms with van der Waals surface area (Å²) in [4.78, 5) is 29.6. The van der Waals surface area contributed by atoms with Crippen LogP contribution in [0.4, 0.5) is 4.39 Å². The fourth-order valence-electron chi connectivity index (χ4n) is 4.94. The van der Waals surface area contributed by atoms with Crippen molar-refractivity contribution in [1.29, 1.82) is 0 Å². The molecule has 2 aliphatic rings. The number of alkyl halides is 1. The molecule has 1 unspecified atom stereocenters. The predicted octanol–water partition coefficient (Wildman–Crippen LogP) is 4.70. The van der Waals surface area contributed by atoms with Crippen molar-refractivity contribution >= 4 is 12.3 Å². The molecular formula is C31H47FN4O4. The standard InChI is InChI=1S/C28H38FN3O3.C2H6.CH3NO/c1-3-28(29,4-2)20-31-14-11-21(12-15-31)19-35-26-10-9-24(17-30-26)22-5-7-23(8-6-22)27(34)32-16-13-25(33)18-32;1-2;2-1-3/h5-10,17,21,25,33H,3-4,11-16,18-20H2,1-2H3;1-2H3;1H,(H2,2,3). The molecule has 9 heteroatoms. The van der Waals surface area contributed by atoms with Crippen LogP contribution in [0.2, 0.25) is 0 Å². The second kappa shape index (κ2) is 16.9. The molecule has 0 radical (unpaired) electrons. The summed E-state index contributed by atoms with van der Waals surface area (Å²) in [5, 5.41) is 9.66. The third kappa shape index (κ3) is 9.86. The number of piperidine rings is 1. The van der Waals surface area contributed by atoms with E-state index in [1.165, 1.54) is 0 Å². The molecule has 222 valence electrons. The van der Waals surface area contributed by atoms with Gasteiger partial charge in [-0.05, 0) is 74.9 Å². The molecule has 0 spiro atoms. The number of β-amino-alcohol motifs (C(OH)–C–C–N with tert-alkyl or cyclic N) is 1. The van der Waals surface area contributed by atoms with Crippen LogP contribution >= 0.6 is 0 Å². The molecule has 2 aliphatic heterocycles. The van der Waals surface area contributed by atoms with Crippen LogP contribution in [0.25, 0.3) is 11.1 Å². The molecule has 3 N–H and O–H groups in total. The smallest absolute Gasteiger partial charge is 0.253 e. The molecule has 8 nitrogen and oxygen atoms in total. The summed E-state index contributed by atoms with van der Waals surface area (Å²) in [5.41, 5.74) is 5.67. The number of hydrogen-bond donors (Lipinski definition) is 2. The molecule has 2 amide bonds. The second-order valence-electron chi connectivity index (χ2n) is 10.2. The quantitative estimate of drug-likeness (QED) is 0.432. The maximum absolute atomic E-state index is 14.7. The van der Waals surface area contributed by atoms with Crippen LogP contribution in [-0.4, -0.2) is 83.3 Å². The van der Waals surface area contributed by atoms with Gasteiger partial charge in [0.05, 0.1) is 12.7 Å². The molecular weight excluding hydrogens is 511 g/mol. The third-order valence-corrected chi connectivity index (χ3v) is 7.60. The number of amides is 2. The zero-order valence-electron chi connectivity index (χ0n) is 24.5. The summed E-state index contributed by atoms with van der Waals surface area (Å²) in [7, 11) is 0. The van der Waals surface area contributed by atoms with Gasteiger partial charge in [0.2, 0.25) is 12.3 Å². The van der Waals surface area contributed by atoms with Gasteiger partial charge in [0, 0.05) is 43.0 Å². The Morgan fingerprint density at radius 3 is 2.17 bits per heavy atom. The average Bonchev–Trinajstić information content (AvgIpc) is 3.44. The van der Waals surface area contributed by atoms with E-state index in [1.54, 1.807) is 11.1 Å². The van der Waals surface area contributed by atoms with Crippen molar-refractivity contribution in [3.05, 3.63) is 48.2 Å². The zero-order chi connectivity index (χ0) is 29.5. The van der Waals surface area contributed by atoms with Gasteiger partial charge >= 0.3 is 0 Å². The first kappa shape index (κ1) is 33.2. The Bertz CT molecular complexity index is 1010. The highest BCUT2D eigenvalue weighted by molar-refractivity contribution is 5.95. The van der Waals surface area contributed by atoms with Crippen LogP contribution < -0.4 is 10.5 Å². The summed E-state index contributed by atoms with van der Waals surface area (Å²) in [5.74, 6) is 1.03. The maximum Gasteiger partial charge on any atom is 0.253 e. The fourth-order valence-corrected chi connectivity index (χ4v) is 4.94. The lowest BCUT2D eigenvalue weighted by Gasteiger charge is -2.36. The number of benzene rings is 1. The van der Waals surface area contributed by atoms with Crippen molar-refractivity contribution in [2.45, 2.75) is 71.6 Å². The Labute approximate surface area is 238 Å². The number of primary amides is 1. The van der Waals surface area contributed by atoms with Gasteiger partial charge in [-0.2, -0.15) is 0 Å².